The molecule has 0 N–H and O–H groups in total. The van der Waals surface area contributed by atoms with Gasteiger partial charge < -0.3 is 9.80 Å². The van der Waals surface area contributed by atoms with Gasteiger partial charge in [0.05, 0.1) is 0 Å². The van der Waals surface area contributed by atoms with Crippen LogP contribution in [0.25, 0.3) is 0 Å². The minimum atomic E-state index is 0.351. The molecule has 2 aromatic rings. The van der Waals surface area contributed by atoms with Gasteiger partial charge in [0.25, 0.3) is 0 Å². The first-order valence-electron chi connectivity index (χ1n) is 9.12. The summed E-state index contributed by atoms with van der Waals surface area (Å²) in [6, 6.07) is 13.0. The summed E-state index contributed by atoms with van der Waals surface area (Å²) in [5.41, 5.74) is 1.29. The Labute approximate surface area is 145 Å². The monoisotopic (exact) mass is 324 g/mol. The van der Waals surface area contributed by atoms with Gasteiger partial charge in [-0.25, -0.2) is 4.98 Å². The number of rotatable bonds is 5. The average molecular weight is 324 g/mol. The topological polar surface area (TPSA) is 32.3 Å². The molecule has 0 spiro atoms. The Morgan fingerprint density at radius 1 is 1.00 bits per heavy atom. The lowest BCUT2D eigenvalue weighted by molar-refractivity contribution is 0.658. The molecule has 0 aliphatic carbocycles. The fraction of sp³-hybridized carbons (Fsp3) is 0.500. The lowest BCUT2D eigenvalue weighted by atomic mass is 10.2. The average Bonchev–Trinajstić information content (AvgIpc) is 2.90. The van der Waals surface area contributed by atoms with Gasteiger partial charge in [0.2, 0.25) is 5.95 Å². The standard InChI is InChI=1S/C20H28N4/c1-17(2)24(16-18-10-6-5-7-11-18)20-21-13-12-19(22-20)23-14-8-3-4-9-15-23/h5-7,10-13,17H,3-4,8-9,14-16H2,1-2H3. The summed E-state index contributed by atoms with van der Waals surface area (Å²) in [4.78, 5) is 14.2. The summed E-state index contributed by atoms with van der Waals surface area (Å²) in [7, 11) is 0. The van der Waals surface area contributed by atoms with Crippen molar-refractivity contribution in [1.29, 1.82) is 0 Å². The number of nitrogens with zero attached hydrogens (tertiary/aromatic N) is 4. The molecule has 0 unspecified atom stereocenters. The Bertz CT molecular complexity index is 619. The third-order valence-electron chi connectivity index (χ3n) is 4.63. The van der Waals surface area contributed by atoms with E-state index in [1.807, 2.05) is 6.20 Å². The molecule has 1 saturated heterocycles. The highest BCUT2D eigenvalue weighted by Crippen LogP contribution is 2.21. The molecule has 4 heteroatoms. The maximum atomic E-state index is 4.90. The second-order valence-electron chi connectivity index (χ2n) is 6.82. The smallest absolute Gasteiger partial charge is 0.227 e. The molecule has 0 saturated carbocycles. The second kappa shape index (κ2) is 8.13. The largest absolute Gasteiger partial charge is 0.356 e. The molecular weight excluding hydrogens is 296 g/mol. The Kier molecular flexibility index (Phi) is 5.68. The zero-order valence-corrected chi connectivity index (χ0v) is 14.9. The zero-order chi connectivity index (χ0) is 16.8. The number of anilines is 2. The summed E-state index contributed by atoms with van der Waals surface area (Å²) < 4.78 is 0. The van der Waals surface area contributed by atoms with Gasteiger partial charge in [-0.2, -0.15) is 4.98 Å². The van der Waals surface area contributed by atoms with E-state index in [0.29, 0.717) is 6.04 Å². The van der Waals surface area contributed by atoms with Crippen LogP contribution in [0.5, 0.6) is 0 Å². The van der Waals surface area contributed by atoms with Gasteiger partial charge >= 0.3 is 0 Å². The predicted octanol–water partition coefficient (Wildman–Crippen LogP) is 4.27. The first kappa shape index (κ1) is 16.7. The molecule has 1 aliphatic rings. The Balaban J connectivity index is 1.81. The molecular formula is C20H28N4. The summed E-state index contributed by atoms with van der Waals surface area (Å²) in [5, 5.41) is 0. The summed E-state index contributed by atoms with van der Waals surface area (Å²) in [6.07, 6.45) is 7.10. The van der Waals surface area contributed by atoms with Crippen molar-refractivity contribution in [3.05, 3.63) is 48.2 Å². The first-order chi connectivity index (χ1) is 11.7. The lowest BCUT2D eigenvalue weighted by Crippen LogP contribution is -2.33. The Hall–Kier alpha value is -2.10. The van der Waals surface area contributed by atoms with Crippen molar-refractivity contribution in [2.45, 2.75) is 52.1 Å². The lowest BCUT2D eigenvalue weighted by Gasteiger charge is -2.28. The summed E-state index contributed by atoms with van der Waals surface area (Å²) in [6.45, 7) is 7.45. The van der Waals surface area contributed by atoms with E-state index in [1.165, 1.54) is 31.2 Å². The van der Waals surface area contributed by atoms with E-state index < -0.39 is 0 Å². The number of aromatic nitrogens is 2. The molecule has 1 aliphatic heterocycles. The van der Waals surface area contributed by atoms with E-state index in [2.05, 4.69) is 65.0 Å². The van der Waals surface area contributed by atoms with Crippen LogP contribution in [0, 0.1) is 0 Å². The molecule has 1 aromatic heterocycles. The van der Waals surface area contributed by atoms with Crippen molar-refractivity contribution in [2.24, 2.45) is 0 Å². The SMILES string of the molecule is CC(C)N(Cc1ccccc1)c1nccc(N2CCCCCC2)n1. The first-order valence-corrected chi connectivity index (χ1v) is 9.12. The van der Waals surface area contributed by atoms with Crippen LogP contribution in [-0.2, 0) is 6.54 Å². The summed E-state index contributed by atoms with van der Waals surface area (Å²) in [5.74, 6) is 1.90. The van der Waals surface area contributed by atoms with Gasteiger partial charge in [0, 0.05) is 31.9 Å². The van der Waals surface area contributed by atoms with Gasteiger partial charge in [0.15, 0.2) is 0 Å². The summed E-state index contributed by atoms with van der Waals surface area (Å²) >= 11 is 0. The molecule has 2 heterocycles. The van der Waals surface area contributed by atoms with Crippen LogP contribution in [0.2, 0.25) is 0 Å². The van der Waals surface area contributed by atoms with Crippen molar-refractivity contribution in [3.63, 3.8) is 0 Å². The molecule has 128 valence electrons. The van der Waals surface area contributed by atoms with Gasteiger partial charge in [-0.3, -0.25) is 0 Å². The van der Waals surface area contributed by atoms with E-state index in [0.717, 1.165) is 31.4 Å². The minimum Gasteiger partial charge on any atom is -0.356 e. The maximum Gasteiger partial charge on any atom is 0.227 e. The number of hydrogen-bond acceptors (Lipinski definition) is 4. The maximum absolute atomic E-state index is 4.90. The van der Waals surface area contributed by atoms with Crippen molar-refractivity contribution in [2.75, 3.05) is 22.9 Å². The van der Waals surface area contributed by atoms with Crippen LogP contribution in [0.1, 0.15) is 45.1 Å². The third kappa shape index (κ3) is 4.25. The molecule has 0 bridgehead atoms. The number of hydrogen-bond donors (Lipinski definition) is 0. The fourth-order valence-electron chi connectivity index (χ4n) is 3.22. The minimum absolute atomic E-state index is 0.351. The van der Waals surface area contributed by atoms with Crippen LogP contribution in [0.15, 0.2) is 42.6 Å². The molecule has 1 aromatic carbocycles. The Morgan fingerprint density at radius 3 is 2.38 bits per heavy atom. The highest BCUT2D eigenvalue weighted by atomic mass is 15.3. The van der Waals surface area contributed by atoms with Gasteiger partial charge in [-0.1, -0.05) is 43.2 Å². The quantitative estimate of drug-likeness (QED) is 0.822. The molecule has 1 fully saturated rings. The van der Waals surface area contributed by atoms with Crippen LogP contribution >= 0.6 is 0 Å². The zero-order valence-electron chi connectivity index (χ0n) is 14.9. The van der Waals surface area contributed by atoms with Crippen molar-refractivity contribution in [3.8, 4) is 0 Å². The normalized spacial score (nSPS) is 15.4. The van der Waals surface area contributed by atoms with Gasteiger partial charge in [-0.15, -0.1) is 0 Å². The van der Waals surface area contributed by atoms with Crippen LogP contribution in [0.4, 0.5) is 11.8 Å². The van der Waals surface area contributed by atoms with E-state index in [-0.39, 0.29) is 0 Å². The fourth-order valence-corrected chi connectivity index (χ4v) is 3.22. The predicted molar refractivity (Wildman–Crippen MR) is 100 cm³/mol. The van der Waals surface area contributed by atoms with Crippen LogP contribution in [0.3, 0.4) is 0 Å². The van der Waals surface area contributed by atoms with Crippen molar-refractivity contribution >= 4 is 11.8 Å². The van der Waals surface area contributed by atoms with Gasteiger partial charge in [-0.05, 0) is 38.3 Å². The molecule has 3 rings (SSSR count). The van der Waals surface area contributed by atoms with Crippen LogP contribution in [-0.4, -0.2) is 29.1 Å². The molecule has 4 nitrogen and oxygen atoms in total. The van der Waals surface area contributed by atoms with Crippen molar-refractivity contribution < 1.29 is 0 Å². The van der Waals surface area contributed by atoms with E-state index in [4.69, 9.17) is 4.98 Å². The molecule has 24 heavy (non-hydrogen) atoms. The molecule has 0 amide bonds. The molecule has 0 radical (unpaired) electrons. The highest BCUT2D eigenvalue weighted by molar-refractivity contribution is 5.44. The Morgan fingerprint density at radius 2 is 1.71 bits per heavy atom. The molecule has 0 atom stereocenters. The number of benzene rings is 1. The second-order valence-corrected chi connectivity index (χ2v) is 6.82. The van der Waals surface area contributed by atoms with Crippen molar-refractivity contribution in [1.82, 2.24) is 9.97 Å². The van der Waals surface area contributed by atoms with E-state index in [9.17, 15) is 0 Å². The van der Waals surface area contributed by atoms with E-state index in [1.54, 1.807) is 0 Å². The van der Waals surface area contributed by atoms with Gasteiger partial charge in [0.1, 0.15) is 5.82 Å². The highest BCUT2D eigenvalue weighted by Gasteiger charge is 2.17. The third-order valence-corrected chi connectivity index (χ3v) is 4.63. The van der Waals surface area contributed by atoms with E-state index >= 15 is 0 Å². The van der Waals surface area contributed by atoms with Crippen LogP contribution < -0.4 is 9.80 Å².